The molecule has 0 atom stereocenters. The summed E-state index contributed by atoms with van der Waals surface area (Å²) in [7, 11) is 0. The van der Waals surface area contributed by atoms with Crippen LogP contribution in [0.15, 0.2) is 158 Å². The molecule has 0 radical (unpaired) electrons. The molecule has 0 aliphatic rings. The summed E-state index contributed by atoms with van der Waals surface area (Å²) >= 11 is 0. The third-order valence-electron chi connectivity index (χ3n) is 12.7. The van der Waals surface area contributed by atoms with Gasteiger partial charge in [-0.25, -0.2) is 8.78 Å². The maximum Gasteiger partial charge on any atom is 0.416 e. The number of fused-ring (bicyclic) bond motifs is 8. The number of hydrogen-bond acceptors (Lipinski definition) is 0. The zero-order chi connectivity index (χ0) is 49.4. The number of aromatic nitrogens is 2. The van der Waals surface area contributed by atoms with Gasteiger partial charge in [0.05, 0.1) is 44.3 Å². The lowest BCUT2D eigenvalue weighted by molar-refractivity contribution is -0.138. The van der Waals surface area contributed by atoms with E-state index in [1.807, 2.05) is 0 Å². The Morgan fingerprint density at radius 3 is 0.786 bits per heavy atom. The fraction of sp³-hybridized carbons (Fsp3) is 0.0741. The van der Waals surface area contributed by atoms with Crippen LogP contribution in [0.2, 0.25) is 0 Å². The van der Waals surface area contributed by atoms with Gasteiger partial charge in [-0.1, -0.05) is 36.4 Å². The van der Waals surface area contributed by atoms with E-state index in [-0.39, 0.29) is 43.6 Å². The van der Waals surface area contributed by atoms with Gasteiger partial charge in [0.25, 0.3) is 0 Å². The Hall–Kier alpha value is -7.88. The highest BCUT2D eigenvalue weighted by molar-refractivity contribution is 6.22. The summed E-state index contributed by atoms with van der Waals surface area (Å²) in [5.74, 6) is -1.17. The zero-order valence-electron chi connectivity index (χ0n) is 35.2. The van der Waals surface area contributed by atoms with Crippen molar-refractivity contribution in [3.63, 3.8) is 0 Å². The number of halogens is 14. The maximum absolute atomic E-state index is 14.6. The third-order valence-corrected chi connectivity index (χ3v) is 12.7. The first kappa shape index (κ1) is 44.6. The van der Waals surface area contributed by atoms with Crippen LogP contribution in [0.1, 0.15) is 22.3 Å². The summed E-state index contributed by atoms with van der Waals surface area (Å²) in [4.78, 5) is 0. The maximum atomic E-state index is 14.6. The molecule has 0 aliphatic carbocycles. The number of rotatable bonds is 4. The van der Waals surface area contributed by atoms with Gasteiger partial charge >= 0.3 is 24.7 Å². The van der Waals surface area contributed by atoms with Gasteiger partial charge in [0.2, 0.25) is 0 Å². The van der Waals surface area contributed by atoms with E-state index in [1.54, 1.807) is 36.4 Å². The molecule has 16 heteroatoms. The summed E-state index contributed by atoms with van der Waals surface area (Å²) in [5.41, 5.74) is -1.30. The minimum Gasteiger partial charge on any atom is -0.309 e. The Kier molecular flexibility index (Phi) is 9.76. The Morgan fingerprint density at radius 2 is 0.529 bits per heavy atom. The standard InChI is InChI=1S/C54H26F14N2/c55-33-9-1-27(2-10-33)49-37-15-13-36(70-47-19-7-31(53(63,64)65)23-41(47)42-24-32(54(66,67)68)8-20-48(42)70)26-44(37)50(28-3-11-34(56)12-4-28)38-16-14-35(25-43(38)49)69-45-17-5-29(51(57,58)59)21-39(45)40-22-30(52(60,61)62)6-18-46(40)69/h1-26H. The lowest BCUT2D eigenvalue weighted by Gasteiger charge is -2.20. The van der Waals surface area contributed by atoms with Crippen molar-refractivity contribution in [3.05, 3.63) is 192 Å². The van der Waals surface area contributed by atoms with Crippen LogP contribution in [0.3, 0.4) is 0 Å². The first-order valence-electron chi connectivity index (χ1n) is 21.1. The van der Waals surface area contributed by atoms with Crippen molar-refractivity contribution in [1.82, 2.24) is 9.13 Å². The second kappa shape index (κ2) is 15.3. The van der Waals surface area contributed by atoms with E-state index in [4.69, 9.17) is 0 Å². The fourth-order valence-corrected chi connectivity index (χ4v) is 9.65. The average Bonchev–Trinajstić information content (AvgIpc) is 3.81. The molecule has 0 saturated carbocycles. The van der Waals surface area contributed by atoms with E-state index >= 15 is 0 Å². The van der Waals surface area contributed by atoms with Gasteiger partial charge in [-0.05, 0) is 165 Å². The van der Waals surface area contributed by atoms with Crippen molar-refractivity contribution < 1.29 is 61.5 Å². The smallest absolute Gasteiger partial charge is 0.309 e. The second-order valence-electron chi connectivity index (χ2n) is 16.8. The first-order valence-corrected chi connectivity index (χ1v) is 21.1. The highest BCUT2D eigenvalue weighted by Crippen LogP contribution is 2.48. The van der Waals surface area contributed by atoms with Crippen molar-refractivity contribution in [2.45, 2.75) is 24.7 Å². The zero-order valence-corrected chi connectivity index (χ0v) is 35.2. The highest BCUT2D eigenvalue weighted by atomic mass is 19.4. The van der Waals surface area contributed by atoms with Gasteiger partial charge in [-0.2, -0.15) is 52.7 Å². The topological polar surface area (TPSA) is 9.86 Å². The minimum atomic E-state index is -4.83. The van der Waals surface area contributed by atoms with Crippen molar-refractivity contribution in [2.24, 2.45) is 0 Å². The number of alkyl halides is 12. The molecule has 0 fully saturated rings. The van der Waals surface area contributed by atoms with Gasteiger partial charge in [-0.15, -0.1) is 0 Å². The lowest BCUT2D eigenvalue weighted by atomic mass is 9.85. The molecule has 350 valence electrons. The van der Waals surface area contributed by atoms with Crippen LogP contribution < -0.4 is 0 Å². The summed E-state index contributed by atoms with van der Waals surface area (Å²) in [6.07, 6.45) is -19.3. The molecule has 0 amide bonds. The molecule has 0 aliphatic heterocycles. The van der Waals surface area contributed by atoms with Gasteiger partial charge < -0.3 is 9.13 Å². The average molecular weight is 969 g/mol. The van der Waals surface area contributed by atoms with E-state index < -0.39 is 58.6 Å². The van der Waals surface area contributed by atoms with Crippen LogP contribution in [0.4, 0.5) is 61.5 Å². The van der Waals surface area contributed by atoms with E-state index in [2.05, 4.69) is 0 Å². The Bertz CT molecular complexity index is 3540. The molecule has 11 rings (SSSR count). The monoisotopic (exact) mass is 968 g/mol. The second-order valence-corrected chi connectivity index (χ2v) is 16.8. The van der Waals surface area contributed by atoms with Gasteiger partial charge in [0.1, 0.15) is 11.6 Å². The molecular formula is C54H26F14N2. The predicted molar refractivity (Wildman–Crippen MR) is 241 cm³/mol. The van der Waals surface area contributed by atoms with E-state index in [0.29, 0.717) is 55.2 Å². The van der Waals surface area contributed by atoms with Crippen molar-refractivity contribution >= 4 is 65.2 Å². The van der Waals surface area contributed by atoms with Crippen LogP contribution >= 0.6 is 0 Å². The molecule has 70 heavy (non-hydrogen) atoms. The third kappa shape index (κ3) is 7.26. The summed E-state index contributed by atoms with van der Waals surface area (Å²) < 4.78 is 201. The fourth-order valence-electron chi connectivity index (χ4n) is 9.65. The Labute approximate surface area is 384 Å². The summed E-state index contributed by atoms with van der Waals surface area (Å²) in [6, 6.07) is 32.0. The molecule has 2 aromatic heterocycles. The molecule has 2 nitrogen and oxygen atoms in total. The Balaban J connectivity index is 1.24. The molecule has 0 bridgehead atoms. The quantitative estimate of drug-likeness (QED) is 0.123. The first-order chi connectivity index (χ1) is 33.0. The molecular weight excluding hydrogens is 943 g/mol. The highest BCUT2D eigenvalue weighted by Gasteiger charge is 2.35. The SMILES string of the molecule is Fc1ccc(-c2c3ccc(-n4c5ccc(C(F)(F)F)cc5c5cc(C(F)(F)F)ccc54)cc3c(-c3ccc(F)cc3)c3ccc(-n4c5ccc(C(F)(F)F)cc5c5cc(C(F)(F)F)ccc54)cc23)cc1. The predicted octanol–water partition coefficient (Wildman–Crippen LogP) is 17.9. The molecule has 0 N–H and O–H groups in total. The molecule has 0 unspecified atom stereocenters. The number of nitrogens with zero attached hydrogens (tertiary/aromatic N) is 2. The Morgan fingerprint density at radius 1 is 0.257 bits per heavy atom. The van der Waals surface area contributed by atoms with Crippen LogP contribution in [-0.2, 0) is 24.7 Å². The van der Waals surface area contributed by atoms with Crippen LogP contribution in [0.5, 0.6) is 0 Å². The van der Waals surface area contributed by atoms with Crippen molar-refractivity contribution in [1.29, 1.82) is 0 Å². The number of hydrogen-bond donors (Lipinski definition) is 0. The van der Waals surface area contributed by atoms with Gasteiger partial charge in [0.15, 0.2) is 0 Å². The van der Waals surface area contributed by atoms with E-state index in [1.165, 1.54) is 81.9 Å². The van der Waals surface area contributed by atoms with E-state index in [0.717, 1.165) is 48.5 Å². The van der Waals surface area contributed by atoms with Crippen molar-refractivity contribution in [3.8, 4) is 33.6 Å². The molecule has 0 spiro atoms. The number of benzene rings is 9. The van der Waals surface area contributed by atoms with Gasteiger partial charge in [-0.3, -0.25) is 0 Å². The normalized spacial score (nSPS) is 13.0. The molecule has 0 saturated heterocycles. The van der Waals surface area contributed by atoms with E-state index in [9.17, 15) is 61.5 Å². The summed E-state index contributed by atoms with van der Waals surface area (Å²) in [5, 5.41) is 1.42. The van der Waals surface area contributed by atoms with Crippen LogP contribution in [0.25, 0.3) is 98.8 Å². The lowest BCUT2D eigenvalue weighted by Crippen LogP contribution is -2.04. The summed E-state index contributed by atoms with van der Waals surface area (Å²) in [6.45, 7) is 0. The van der Waals surface area contributed by atoms with Crippen molar-refractivity contribution in [2.75, 3.05) is 0 Å². The minimum absolute atomic E-state index is 0.109. The molecule has 9 aromatic carbocycles. The van der Waals surface area contributed by atoms with Crippen LogP contribution in [0, 0.1) is 11.6 Å². The molecule has 2 heterocycles. The van der Waals surface area contributed by atoms with Crippen LogP contribution in [-0.4, -0.2) is 9.13 Å². The van der Waals surface area contributed by atoms with Gasteiger partial charge in [0, 0.05) is 32.9 Å². The molecule has 11 aromatic rings. The largest absolute Gasteiger partial charge is 0.416 e.